The van der Waals surface area contributed by atoms with Gasteiger partial charge in [0, 0.05) is 15.6 Å². The number of amides is 1. The second kappa shape index (κ2) is 6.97. The Balaban J connectivity index is 2.14. The van der Waals surface area contributed by atoms with Crippen molar-refractivity contribution in [2.24, 2.45) is 4.99 Å². The van der Waals surface area contributed by atoms with Gasteiger partial charge in [0.2, 0.25) is 5.91 Å². The van der Waals surface area contributed by atoms with E-state index in [0.29, 0.717) is 5.69 Å². The van der Waals surface area contributed by atoms with E-state index in [-0.39, 0.29) is 19.0 Å². The Labute approximate surface area is 148 Å². The fourth-order valence-electron chi connectivity index (χ4n) is 2.59. The van der Waals surface area contributed by atoms with Crippen molar-refractivity contribution >= 4 is 39.2 Å². The van der Waals surface area contributed by atoms with Crippen molar-refractivity contribution in [3.8, 4) is 0 Å². The Morgan fingerprint density at radius 2 is 2.00 bits per heavy atom. The molecule has 5 nitrogen and oxygen atoms in total. The Hall–Kier alpha value is -2.47. The van der Waals surface area contributed by atoms with Crippen molar-refractivity contribution in [3.63, 3.8) is 0 Å². The van der Waals surface area contributed by atoms with Gasteiger partial charge in [-0.15, -0.1) is 0 Å². The van der Waals surface area contributed by atoms with Crippen LogP contribution in [0.3, 0.4) is 0 Å². The summed E-state index contributed by atoms with van der Waals surface area (Å²) >= 11 is 3.47. The molecule has 0 fully saturated rings. The highest BCUT2D eigenvalue weighted by atomic mass is 79.9. The van der Waals surface area contributed by atoms with Gasteiger partial charge in [-0.25, -0.2) is 0 Å². The number of esters is 1. The number of carbonyl (C=O) groups is 2. The lowest BCUT2D eigenvalue weighted by Crippen LogP contribution is -2.37. The number of benzodiazepines with no additional fused rings is 1. The van der Waals surface area contributed by atoms with Gasteiger partial charge < -0.3 is 4.74 Å². The first kappa shape index (κ1) is 16.4. The predicted molar refractivity (Wildman–Crippen MR) is 95.5 cm³/mol. The summed E-state index contributed by atoms with van der Waals surface area (Å²) in [6.07, 6.45) is 0. The zero-order chi connectivity index (χ0) is 17.1. The maximum Gasteiger partial charge on any atom is 0.325 e. The highest BCUT2D eigenvalue weighted by molar-refractivity contribution is 9.10. The molecule has 2 aromatic carbocycles. The van der Waals surface area contributed by atoms with Crippen molar-refractivity contribution in [2.75, 3.05) is 25.1 Å². The number of halogens is 1. The number of anilines is 1. The molecule has 0 aromatic heterocycles. The van der Waals surface area contributed by atoms with Crippen LogP contribution in [0.5, 0.6) is 0 Å². The van der Waals surface area contributed by atoms with Crippen molar-refractivity contribution in [1.29, 1.82) is 0 Å². The monoisotopic (exact) mass is 386 g/mol. The minimum absolute atomic E-state index is 0.0203. The summed E-state index contributed by atoms with van der Waals surface area (Å²) < 4.78 is 5.59. The quantitative estimate of drug-likeness (QED) is 0.762. The molecule has 0 atom stereocenters. The van der Waals surface area contributed by atoms with Gasteiger partial charge in [0.05, 0.1) is 18.5 Å². The van der Waals surface area contributed by atoms with Gasteiger partial charge in [0.25, 0.3) is 0 Å². The van der Waals surface area contributed by atoms with Gasteiger partial charge in [0.1, 0.15) is 13.1 Å². The van der Waals surface area contributed by atoms with Gasteiger partial charge in [0.15, 0.2) is 0 Å². The maximum absolute atomic E-state index is 12.5. The molecular formula is C18H15BrN2O3. The molecule has 3 rings (SSSR count). The molecule has 0 aliphatic carbocycles. The molecule has 1 aliphatic rings. The molecule has 0 bridgehead atoms. The average molecular weight is 387 g/mol. The fraction of sp³-hybridized carbons (Fsp3) is 0.167. The number of ether oxygens (including phenoxy) is 1. The molecule has 6 heteroatoms. The Morgan fingerprint density at radius 1 is 1.25 bits per heavy atom. The maximum atomic E-state index is 12.5. The van der Waals surface area contributed by atoms with Crippen LogP contribution >= 0.6 is 15.9 Å². The Morgan fingerprint density at radius 3 is 2.71 bits per heavy atom. The van der Waals surface area contributed by atoms with E-state index < -0.39 is 5.97 Å². The second-order valence-electron chi connectivity index (χ2n) is 5.25. The summed E-state index contributed by atoms with van der Waals surface area (Å²) in [6.45, 7) is -0.158. The van der Waals surface area contributed by atoms with Crippen LogP contribution in [0.15, 0.2) is 58.0 Å². The molecule has 0 spiro atoms. The smallest absolute Gasteiger partial charge is 0.325 e. The first-order valence-corrected chi connectivity index (χ1v) is 8.16. The lowest BCUT2D eigenvalue weighted by molar-refractivity contribution is -0.139. The predicted octanol–water partition coefficient (Wildman–Crippen LogP) is 2.81. The second-order valence-corrected chi connectivity index (χ2v) is 6.16. The summed E-state index contributed by atoms with van der Waals surface area (Å²) in [6, 6.07) is 15.2. The summed E-state index contributed by atoms with van der Waals surface area (Å²) in [7, 11) is 1.30. The molecule has 0 saturated heterocycles. The lowest BCUT2D eigenvalue weighted by atomic mass is 10.0. The largest absolute Gasteiger partial charge is 0.468 e. The van der Waals surface area contributed by atoms with Gasteiger partial charge in [-0.1, -0.05) is 46.3 Å². The van der Waals surface area contributed by atoms with Crippen molar-refractivity contribution in [2.45, 2.75) is 0 Å². The number of hydrogen-bond acceptors (Lipinski definition) is 4. The number of benzene rings is 2. The number of carbonyl (C=O) groups excluding carboxylic acids is 2. The summed E-state index contributed by atoms with van der Waals surface area (Å²) in [4.78, 5) is 30.1. The third-order valence-electron chi connectivity index (χ3n) is 3.74. The first-order valence-electron chi connectivity index (χ1n) is 7.37. The molecule has 2 aromatic rings. The van der Waals surface area contributed by atoms with Gasteiger partial charge in [-0.3, -0.25) is 19.5 Å². The van der Waals surface area contributed by atoms with E-state index in [0.717, 1.165) is 21.3 Å². The molecule has 1 amide bonds. The number of methoxy groups -OCH3 is 1. The van der Waals surface area contributed by atoms with E-state index in [2.05, 4.69) is 20.9 Å². The zero-order valence-electron chi connectivity index (χ0n) is 13.0. The first-order chi connectivity index (χ1) is 11.6. The average Bonchev–Trinajstić information content (AvgIpc) is 2.73. The SMILES string of the molecule is COC(=O)CN1C(=O)CN=C(c2ccccc2)c2cc(Br)ccc21. The van der Waals surface area contributed by atoms with E-state index in [9.17, 15) is 9.59 Å². The van der Waals surface area contributed by atoms with E-state index in [1.165, 1.54) is 12.0 Å². The summed E-state index contributed by atoms with van der Waals surface area (Å²) in [5, 5.41) is 0. The fourth-order valence-corrected chi connectivity index (χ4v) is 2.96. The van der Waals surface area contributed by atoms with Crippen LogP contribution in [0.2, 0.25) is 0 Å². The van der Waals surface area contributed by atoms with Crippen LogP contribution in [0.4, 0.5) is 5.69 Å². The Kier molecular flexibility index (Phi) is 4.76. The highest BCUT2D eigenvalue weighted by Gasteiger charge is 2.27. The molecule has 24 heavy (non-hydrogen) atoms. The number of rotatable bonds is 3. The Bertz CT molecular complexity index is 818. The normalized spacial score (nSPS) is 13.8. The highest BCUT2D eigenvalue weighted by Crippen LogP contribution is 2.29. The zero-order valence-corrected chi connectivity index (χ0v) is 14.6. The molecule has 1 heterocycles. The number of nitrogens with zero attached hydrogens (tertiary/aromatic N) is 2. The van der Waals surface area contributed by atoms with Crippen LogP contribution in [0.25, 0.3) is 0 Å². The molecular weight excluding hydrogens is 372 g/mol. The van der Waals surface area contributed by atoms with Gasteiger partial charge >= 0.3 is 5.97 Å². The molecule has 122 valence electrons. The summed E-state index contributed by atoms with van der Waals surface area (Å²) in [5.74, 6) is -0.713. The van der Waals surface area contributed by atoms with Crippen LogP contribution < -0.4 is 4.90 Å². The standard InChI is InChI=1S/C18H15BrN2O3/c1-24-17(23)11-21-15-8-7-13(19)9-14(15)18(20-10-16(21)22)12-5-3-2-4-6-12/h2-9H,10-11H2,1H3. The van der Waals surface area contributed by atoms with E-state index >= 15 is 0 Å². The minimum Gasteiger partial charge on any atom is -0.468 e. The topological polar surface area (TPSA) is 59.0 Å². The van der Waals surface area contributed by atoms with E-state index in [1.807, 2.05) is 48.5 Å². The van der Waals surface area contributed by atoms with Crippen molar-refractivity contribution in [1.82, 2.24) is 0 Å². The molecule has 1 aliphatic heterocycles. The number of fused-ring (bicyclic) bond motifs is 1. The van der Waals surface area contributed by atoms with Crippen molar-refractivity contribution < 1.29 is 14.3 Å². The van der Waals surface area contributed by atoms with Crippen LogP contribution in [0, 0.1) is 0 Å². The van der Waals surface area contributed by atoms with Gasteiger partial charge in [-0.2, -0.15) is 0 Å². The van der Waals surface area contributed by atoms with E-state index in [4.69, 9.17) is 4.74 Å². The lowest BCUT2D eigenvalue weighted by Gasteiger charge is -2.22. The third-order valence-corrected chi connectivity index (χ3v) is 4.23. The minimum atomic E-state index is -0.472. The van der Waals surface area contributed by atoms with Crippen LogP contribution in [-0.2, 0) is 14.3 Å². The number of aliphatic imine (C=N–C) groups is 1. The molecule has 0 N–H and O–H groups in total. The van der Waals surface area contributed by atoms with Gasteiger partial charge in [-0.05, 0) is 18.2 Å². The van der Waals surface area contributed by atoms with Crippen molar-refractivity contribution in [3.05, 3.63) is 64.1 Å². The van der Waals surface area contributed by atoms with Crippen LogP contribution in [-0.4, -0.2) is 37.8 Å². The third kappa shape index (κ3) is 3.23. The molecule has 0 radical (unpaired) electrons. The van der Waals surface area contributed by atoms with Crippen LogP contribution in [0.1, 0.15) is 11.1 Å². The number of hydrogen-bond donors (Lipinski definition) is 0. The van der Waals surface area contributed by atoms with E-state index in [1.54, 1.807) is 0 Å². The molecule has 0 unspecified atom stereocenters. The molecule has 0 saturated carbocycles. The summed E-state index contributed by atoms with van der Waals surface area (Å²) in [5.41, 5.74) is 3.09.